The number of nitrogens with one attached hydrogen (secondary N) is 2. The Morgan fingerprint density at radius 2 is 1.46 bits per heavy atom. The van der Waals surface area contributed by atoms with Crippen LogP contribution in [0, 0.1) is 10.1 Å². The molecule has 6 aliphatic rings. The Kier molecular flexibility index (Phi) is 9.94. The molecule has 1 saturated carbocycles. The number of allylic oxidation sites excluding steroid dienone is 1. The summed E-state index contributed by atoms with van der Waals surface area (Å²) in [6, 6.07) is 15.5. The summed E-state index contributed by atoms with van der Waals surface area (Å²) < 4.78 is 12.8. The van der Waals surface area contributed by atoms with Crippen LogP contribution < -0.4 is 20.3 Å². The number of piperazine rings is 1. The molecule has 0 bridgehead atoms. The van der Waals surface area contributed by atoms with E-state index < -0.39 is 17.9 Å². The number of imide groups is 1. The number of amides is 3. The standard InChI is InChI=1S/C41H45N7O7S/c1-25-2-9-36(39(49)42-25)47-40(50)32-6-3-26(20-33(32)41(47)51)46-18-16-45(17-19-46)15-14-44-12-10-28(11-13-44)54-30-22-31(23-30)55-29-5-8-35-38(24-29)56-37-21-27(48(52)53)4-7-34(37)43-35/h3-8,20-21,24,28,30-31,36,43H,1-2,9-19,22-23H2,(H,42,49). The van der Waals surface area contributed by atoms with Crippen LogP contribution in [0.2, 0.25) is 0 Å². The first-order valence-electron chi connectivity index (χ1n) is 19.5. The van der Waals surface area contributed by atoms with Crippen LogP contribution >= 0.6 is 11.8 Å². The Labute approximate surface area is 329 Å². The molecule has 9 rings (SSSR count). The number of rotatable bonds is 10. The minimum absolute atomic E-state index is 0.0796. The number of benzene rings is 3. The lowest BCUT2D eigenvalue weighted by molar-refractivity contribution is -0.385. The number of hydrogen-bond donors (Lipinski definition) is 2. The molecule has 3 aromatic carbocycles. The number of carbonyl (C=O) groups excluding carboxylic acids is 3. The number of nitrogens with zero attached hydrogens (tertiary/aromatic N) is 5. The van der Waals surface area contributed by atoms with Gasteiger partial charge in [-0.25, -0.2) is 0 Å². The second-order valence-corrected chi connectivity index (χ2v) is 16.6. The van der Waals surface area contributed by atoms with Gasteiger partial charge in [0.15, 0.2) is 0 Å². The van der Waals surface area contributed by atoms with Gasteiger partial charge in [-0.3, -0.25) is 34.3 Å². The monoisotopic (exact) mass is 779 g/mol. The van der Waals surface area contributed by atoms with E-state index in [1.165, 1.54) is 17.8 Å². The van der Waals surface area contributed by atoms with Gasteiger partial charge in [0, 0.05) is 98.5 Å². The van der Waals surface area contributed by atoms with Gasteiger partial charge in [0.2, 0.25) is 5.91 Å². The molecular formula is C41H45N7O7S. The van der Waals surface area contributed by atoms with E-state index in [9.17, 15) is 24.5 Å². The van der Waals surface area contributed by atoms with E-state index >= 15 is 0 Å². The van der Waals surface area contributed by atoms with Gasteiger partial charge >= 0.3 is 0 Å². The lowest BCUT2D eigenvalue weighted by Crippen LogP contribution is -2.51. The van der Waals surface area contributed by atoms with E-state index in [2.05, 4.69) is 31.9 Å². The normalized spacial score (nSPS) is 24.2. The first-order valence-corrected chi connectivity index (χ1v) is 20.4. The summed E-state index contributed by atoms with van der Waals surface area (Å²) in [5.41, 5.74) is 4.18. The predicted octanol–water partition coefficient (Wildman–Crippen LogP) is 5.40. The van der Waals surface area contributed by atoms with Gasteiger partial charge in [-0.15, -0.1) is 0 Å². The molecule has 1 atom stereocenters. The molecule has 0 spiro atoms. The van der Waals surface area contributed by atoms with Crippen LogP contribution in [0.15, 0.2) is 76.7 Å². The summed E-state index contributed by atoms with van der Waals surface area (Å²) in [5.74, 6) is -0.357. The molecular weight excluding hydrogens is 735 g/mol. The highest BCUT2D eigenvalue weighted by Crippen LogP contribution is 2.47. The van der Waals surface area contributed by atoms with Crippen LogP contribution in [0.4, 0.5) is 22.7 Å². The van der Waals surface area contributed by atoms with Crippen LogP contribution in [-0.2, 0) is 9.53 Å². The SMILES string of the molecule is C=C1CCC(N2C(=O)c3ccc(N4CCN(CCN5CCC(OC6CC(Oc7ccc8c(c7)Sc7cc([N+](=O)[O-])ccc7N8)C6)CC5)CC4)cc3C2=O)C(=O)N1. The summed E-state index contributed by atoms with van der Waals surface area (Å²) in [6.07, 6.45) is 5.35. The zero-order chi connectivity index (χ0) is 38.5. The molecule has 0 aromatic heterocycles. The fourth-order valence-electron chi connectivity index (χ4n) is 8.55. The van der Waals surface area contributed by atoms with E-state index in [4.69, 9.17) is 9.47 Å². The number of non-ortho nitro benzene ring substituents is 1. The number of anilines is 3. The van der Waals surface area contributed by atoms with Gasteiger partial charge in [0.25, 0.3) is 17.5 Å². The van der Waals surface area contributed by atoms with Gasteiger partial charge in [0.05, 0.1) is 39.6 Å². The number of fused-ring (bicyclic) bond motifs is 3. The van der Waals surface area contributed by atoms with Gasteiger partial charge < -0.3 is 29.9 Å². The lowest BCUT2D eigenvalue weighted by atomic mass is 9.91. The molecule has 0 radical (unpaired) electrons. The Morgan fingerprint density at radius 3 is 2.20 bits per heavy atom. The molecule has 2 N–H and O–H groups in total. The van der Waals surface area contributed by atoms with Gasteiger partial charge in [0.1, 0.15) is 17.9 Å². The molecule has 1 unspecified atom stereocenters. The molecule has 14 nitrogen and oxygen atoms in total. The maximum absolute atomic E-state index is 13.3. The van der Waals surface area contributed by atoms with Crippen LogP contribution in [0.5, 0.6) is 5.75 Å². The zero-order valence-electron chi connectivity index (χ0n) is 31.1. The lowest BCUT2D eigenvalue weighted by Gasteiger charge is -2.40. The number of nitro groups is 1. The van der Waals surface area contributed by atoms with E-state index in [1.54, 1.807) is 18.2 Å². The molecule has 292 valence electrons. The van der Waals surface area contributed by atoms with Gasteiger partial charge in [-0.2, -0.15) is 0 Å². The van der Waals surface area contributed by atoms with E-state index in [1.807, 2.05) is 30.3 Å². The maximum atomic E-state index is 13.3. The van der Waals surface area contributed by atoms with Crippen molar-refractivity contribution in [3.05, 3.63) is 88.1 Å². The summed E-state index contributed by atoms with van der Waals surface area (Å²) >= 11 is 1.51. The van der Waals surface area contributed by atoms with Crippen molar-refractivity contribution in [2.45, 2.75) is 72.7 Å². The Morgan fingerprint density at radius 1 is 0.768 bits per heavy atom. The van der Waals surface area contributed by atoms with Crippen molar-refractivity contribution in [1.29, 1.82) is 0 Å². The van der Waals surface area contributed by atoms with Gasteiger partial charge in [-0.05, 0) is 68.1 Å². The predicted molar refractivity (Wildman–Crippen MR) is 211 cm³/mol. The van der Waals surface area contributed by atoms with E-state index in [0.29, 0.717) is 29.7 Å². The van der Waals surface area contributed by atoms with Crippen molar-refractivity contribution in [1.82, 2.24) is 20.0 Å². The molecule has 3 amide bonds. The van der Waals surface area contributed by atoms with E-state index in [-0.39, 0.29) is 34.8 Å². The zero-order valence-corrected chi connectivity index (χ0v) is 31.9. The highest BCUT2D eigenvalue weighted by molar-refractivity contribution is 7.99. The quantitative estimate of drug-likeness (QED) is 0.121. The maximum Gasteiger partial charge on any atom is 0.270 e. The Bertz CT molecular complexity index is 2090. The molecule has 5 aliphatic heterocycles. The second kappa shape index (κ2) is 15.2. The number of hydrogen-bond acceptors (Lipinski definition) is 12. The number of carbonyl (C=O) groups is 3. The Hall–Kier alpha value is -4.96. The van der Waals surface area contributed by atoms with E-state index in [0.717, 1.165) is 116 Å². The largest absolute Gasteiger partial charge is 0.490 e. The summed E-state index contributed by atoms with van der Waals surface area (Å²) in [5, 5.41) is 17.3. The van der Waals surface area contributed by atoms with Crippen LogP contribution in [0.25, 0.3) is 0 Å². The average Bonchev–Trinajstić information content (AvgIpc) is 3.43. The molecule has 3 aromatic rings. The third-order valence-electron chi connectivity index (χ3n) is 11.9. The van der Waals surface area contributed by atoms with Crippen LogP contribution in [-0.4, -0.2) is 114 Å². The van der Waals surface area contributed by atoms with Crippen molar-refractivity contribution < 1.29 is 28.8 Å². The highest BCUT2D eigenvalue weighted by atomic mass is 32.2. The first kappa shape index (κ1) is 36.7. The fourth-order valence-corrected chi connectivity index (χ4v) is 9.60. The molecule has 15 heteroatoms. The van der Waals surface area contributed by atoms with Crippen molar-refractivity contribution in [2.24, 2.45) is 0 Å². The molecule has 4 fully saturated rings. The molecule has 1 aliphatic carbocycles. The number of ether oxygens (including phenoxy) is 2. The van der Waals surface area contributed by atoms with Crippen LogP contribution in [0.3, 0.4) is 0 Å². The summed E-state index contributed by atoms with van der Waals surface area (Å²) in [7, 11) is 0. The molecule has 5 heterocycles. The first-order chi connectivity index (χ1) is 27.1. The van der Waals surface area contributed by atoms with Gasteiger partial charge in [-0.1, -0.05) is 18.3 Å². The topological polar surface area (TPSA) is 150 Å². The Balaban J connectivity index is 0.676. The number of piperidine rings is 2. The summed E-state index contributed by atoms with van der Waals surface area (Å²) in [6.45, 7) is 11.4. The van der Waals surface area contributed by atoms with Crippen molar-refractivity contribution >= 4 is 52.2 Å². The average molecular weight is 780 g/mol. The second-order valence-electron chi connectivity index (χ2n) is 15.5. The molecule has 56 heavy (non-hydrogen) atoms. The minimum atomic E-state index is -0.807. The minimum Gasteiger partial charge on any atom is -0.490 e. The third-order valence-corrected chi connectivity index (χ3v) is 13.0. The smallest absolute Gasteiger partial charge is 0.270 e. The third kappa shape index (κ3) is 7.36. The fraction of sp³-hybridized carbons (Fsp3) is 0.439. The van der Waals surface area contributed by atoms with Crippen LogP contribution in [0.1, 0.15) is 59.2 Å². The number of likely N-dealkylation sites (tertiary alicyclic amines) is 1. The number of nitro benzene ring substituents is 1. The summed E-state index contributed by atoms with van der Waals surface area (Å²) in [4.78, 5) is 60.2. The van der Waals surface area contributed by atoms with Crippen molar-refractivity contribution in [2.75, 3.05) is 62.6 Å². The molecule has 3 saturated heterocycles. The highest BCUT2D eigenvalue weighted by Gasteiger charge is 2.44. The van der Waals surface area contributed by atoms with Crippen molar-refractivity contribution in [3.8, 4) is 5.75 Å². The van der Waals surface area contributed by atoms with Crippen molar-refractivity contribution in [3.63, 3.8) is 0 Å².